The normalized spacial score (nSPS) is 10.7. The van der Waals surface area contributed by atoms with E-state index >= 15 is 0 Å². The van der Waals surface area contributed by atoms with Gasteiger partial charge in [0.2, 0.25) is 5.91 Å². The summed E-state index contributed by atoms with van der Waals surface area (Å²) in [7, 11) is 3.27. The van der Waals surface area contributed by atoms with E-state index in [4.69, 9.17) is 15.2 Å². The Balaban J connectivity index is 1.59. The molecule has 3 rings (SSSR count). The van der Waals surface area contributed by atoms with Crippen LogP contribution in [0.3, 0.4) is 0 Å². The number of carbonyl (C=O) groups excluding carboxylic acids is 1. The summed E-state index contributed by atoms with van der Waals surface area (Å²) in [5.41, 5.74) is 10.1. The lowest BCUT2D eigenvalue weighted by Gasteiger charge is -2.14. The molecule has 0 fully saturated rings. The van der Waals surface area contributed by atoms with E-state index in [2.05, 4.69) is 10.6 Å². The van der Waals surface area contributed by atoms with E-state index in [0.717, 1.165) is 33.9 Å². The molecule has 0 bridgehead atoms. The number of carbonyl (C=O) groups is 1. The van der Waals surface area contributed by atoms with Crippen LogP contribution in [0.2, 0.25) is 0 Å². The number of para-hydroxylation sites is 1. The van der Waals surface area contributed by atoms with Crippen LogP contribution >= 0.6 is 0 Å². The van der Waals surface area contributed by atoms with Crippen LogP contribution in [-0.2, 0) is 11.3 Å². The minimum absolute atomic E-state index is 0.0708. The number of ether oxygens (including phenoxy) is 2. The first kappa shape index (κ1) is 22.6. The highest BCUT2D eigenvalue weighted by Gasteiger charge is 2.08. The molecule has 0 aromatic heterocycles. The lowest BCUT2D eigenvalue weighted by molar-refractivity contribution is -0.111. The van der Waals surface area contributed by atoms with Crippen LogP contribution in [0, 0.1) is 6.92 Å². The van der Waals surface area contributed by atoms with Crippen molar-refractivity contribution in [1.29, 1.82) is 0 Å². The number of phenolic OH excluding ortho intramolecular Hbond substituents is 1. The molecular formula is C25H27N3O4. The Morgan fingerprint density at radius 1 is 1.06 bits per heavy atom. The Bertz CT molecular complexity index is 1100. The van der Waals surface area contributed by atoms with Crippen molar-refractivity contribution in [3.8, 4) is 17.2 Å². The zero-order valence-electron chi connectivity index (χ0n) is 18.3. The van der Waals surface area contributed by atoms with Gasteiger partial charge < -0.3 is 30.9 Å². The van der Waals surface area contributed by atoms with Crippen molar-refractivity contribution in [3.63, 3.8) is 0 Å². The van der Waals surface area contributed by atoms with Gasteiger partial charge in [-0.25, -0.2) is 0 Å². The number of nitrogen functional groups attached to an aromatic ring is 1. The average molecular weight is 434 g/mol. The van der Waals surface area contributed by atoms with Crippen LogP contribution in [0.5, 0.6) is 17.2 Å². The summed E-state index contributed by atoms with van der Waals surface area (Å²) in [4.78, 5) is 12.1. The quantitative estimate of drug-likeness (QED) is 0.236. The van der Waals surface area contributed by atoms with Gasteiger partial charge in [0.1, 0.15) is 17.2 Å². The van der Waals surface area contributed by atoms with E-state index < -0.39 is 0 Å². The molecule has 3 aromatic carbocycles. The van der Waals surface area contributed by atoms with Crippen molar-refractivity contribution in [2.45, 2.75) is 13.5 Å². The molecule has 0 aliphatic carbocycles. The molecule has 0 heterocycles. The van der Waals surface area contributed by atoms with Gasteiger partial charge in [-0.1, -0.05) is 30.3 Å². The van der Waals surface area contributed by atoms with Crippen molar-refractivity contribution in [1.82, 2.24) is 0 Å². The first-order valence-corrected chi connectivity index (χ1v) is 10.0. The van der Waals surface area contributed by atoms with Crippen LogP contribution in [0.15, 0.2) is 60.7 Å². The van der Waals surface area contributed by atoms with E-state index in [1.54, 1.807) is 32.4 Å². The molecular weight excluding hydrogens is 406 g/mol. The zero-order chi connectivity index (χ0) is 23.1. The number of rotatable bonds is 8. The second kappa shape index (κ2) is 10.3. The Morgan fingerprint density at radius 2 is 1.72 bits per heavy atom. The number of aromatic hydroxyl groups is 1. The fourth-order valence-electron chi connectivity index (χ4n) is 3.15. The third-order valence-electron chi connectivity index (χ3n) is 5.00. The Labute approximate surface area is 187 Å². The summed E-state index contributed by atoms with van der Waals surface area (Å²) in [6, 6.07) is 16.4. The number of hydrogen-bond donors (Lipinski definition) is 4. The first-order chi connectivity index (χ1) is 15.4. The minimum atomic E-state index is -0.338. The van der Waals surface area contributed by atoms with Crippen molar-refractivity contribution >= 4 is 29.0 Å². The van der Waals surface area contributed by atoms with Crippen LogP contribution in [0.1, 0.15) is 16.7 Å². The summed E-state index contributed by atoms with van der Waals surface area (Å²) in [5, 5.41) is 15.6. The molecule has 7 heteroatoms. The molecule has 0 atom stereocenters. The van der Waals surface area contributed by atoms with E-state index in [1.807, 2.05) is 43.3 Å². The Kier molecular flexibility index (Phi) is 7.23. The second-order valence-corrected chi connectivity index (χ2v) is 7.16. The topological polar surface area (TPSA) is 106 Å². The number of methoxy groups -OCH3 is 2. The van der Waals surface area contributed by atoms with Crippen molar-refractivity contribution in [3.05, 3.63) is 77.4 Å². The number of nitrogens with two attached hydrogens (primary N) is 1. The first-order valence-electron chi connectivity index (χ1n) is 10.0. The molecule has 3 aromatic rings. The van der Waals surface area contributed by atoms with Crippen molar-refractivity contribution in [2.24, 2.45) is 0 Å². The molecule has 7 nitrogen and oxygen atoms in total. The van der Waals surface area contributed by atoms with Gasteiger partial charge in [0.25, 0.3) is 0 Å². The van der Waals surface area contributed by atoms with Gasteiger partial charge in [0.05, 0.1) is 25.6 Å². The number of amides is 1. The molecule has 0 unspecified atom stereocenters. The molecule has 0 aliphatic heterocycles. The molecule has 32 heavy (non-hydrogen) atoms. The van der Waals surface area contributed by atoms with Gasteiger partial charge in [-0.15, -0.1) is 0 Å². The van der Waals surface area contributed by atoms with E-state index in [9.17, 15) is 9.90 Å². The van der Waals surface area contributed by atoms with Gasteiger partial charge in [-0.2, -0.15) is 0 Å². The monoisotopic (exact) mass is 433 g/mol. The van der Waals surface area contributed by atoms with Gasteiger partial charge in [0, 0.05) is 36.0 Å². The van der Waals surface area contributed by atoms with Crippen LogP contribution in [0.25, 0.3) is 6.08 Å². The fraction of sp³-hybridized carbons (Fsp3) is 0.160. The molecule has 5 N–H and O–H groups in total. The number of benzene rings is 3. The average Bonchev–Trinajstić information content (AvgIpc) is 2.80. The summed E-state index contributed by atoms with van der Waals surface area (Å²) < 4.78 is 10.8. The Morgan fingerprint density at radius 3 is 2.34 bits per heavy atom. The maximum Gasteiger partial charge on any atom is 0.248 e. The number of anilines is 3. The van der Waals surface area contributed by atoms with Crippen molar-refractivity contribution in [2.75, 3.05) is 30.6 Å². The molecule has 1 amide bonds. The molecule has 0 aliphatic rings. The van der Waals surface area contributed by atoms with Crippen LogP contribution in [-0.4, -0.2) is 25.2 Å². The van der Waals surface area contributed by atoms with Crippen molar-refractivity contribution < 1.29 is 19.4 Å². The third-order valence-corrected chi connectivity index (χ3v) is 5.00. The highest BCUT2D eigenvalue weighted by atomic mass is 16.5. The summed E-state index contributed by atoms with van der Waals surface area (Å²) >= 11 is 0. The summed E-state index contributed by atoms with van der Waals surface area (Å²) in [6.45, 7) is 2.57. The van der Waals surface area contributed by atoms with E-state index in [0.29, 0.717) is 12.2 Å². The Hall–Kier alpha value is -4.13. The molecule has 0 saturated carbocycles. The van der Waals surface area contributed by atoms with Crippen LogP contribution < -0.4 is 25.8 Å². The van der Waals surface area contributed by atoms with Gasteiger partial charge in [-0.3, -0.25) is 4.79 Å². The molecule has 0 spiro atoms. The summed E-state index contributed by atoms with van der Waals surface area (Å²) in [5.74, 6) is 1.12. The van der Waals surface area contributed by atoms with Gasteiger partial charge in [-0.05, 0) is 36.3 Å². The zero-order valence-corrected chi connectivity index (χ0v) is 18.3. The highest BCUT2D eigenvalue weighted by molar-refractivity contribution is 6.04. The second-order valence-electron chi connectivity index (χ2n) is 7.16. The number of phenols is 1. The number of hydrogen-bond acceptors (Lipinski definition) is 6. The largest absolute Gasteiger partial charge is 0.506 e. The SMILES string of the molecule is COc1cc(NCc2ccc(/C=C/C(=O)Nc3cccc(O)c3N)cc2)cc(OC)c1C. The van der Waals surface area contributed by atoms with Crippen LogP contribution in [0.4, 0.5) is 17.1 Å². The standard InChI is InChI=1S/C25H27N3O4/c1-16-22(31-2)13-19(14-23(16)32-3)27-15-18-9-7-17(8-10-18)11-12-24(30)28-20-5-4-6-21(29)25(20)26/h4-14,27,29H,15,26H2,1-3H3,(H,28,30)/b12-11+. The highest BCUT2D eigenvalue weighted by Crippen LogP contribution is 2.32. The molecule has 0 radical (unpaired) electrons. The number of nitrogens with one attached hydrogen (secondary N) is 2. The maximum absolute atomic E-state index is 12.1. The minimum Gasteiger partial charge on any atom is -0.506 e. The van der Waals surface area contributed by atoms with E-state index in [-0.39, 0.29) is 17.3 Å². The molecule has 0 saturated heterocycles. The maximum atomic E-state index is 12.1. The van der Waals surface area contributed by atoms with E-state index in [1.165, 1.54) is 12.1 Å². The lowest BCUT2D eigenvalue weighted by atomic mass is 10.1. The lowest BCUT2D eigenvalue weighted by Crippen LogP contribution is -2.09. The summed E-state index contributed by atoms with van der Waals surface area (Å²) in [6.07, 6.45) is 3.13. The smallest absolute Gasteiger partial charge is 0.248 e. The predicted molar refractivity (Wildman–Crippen MR) is 128 cm³/mol. The third kappa shape index (κ3) is 5.51. The predicted octanol–water partition coefficient (Wildman–Crippen LogP) is 4.56. The fourth-order valence-corrected chi connectivity index (χ4v) is 3.15. The van der Waals surface area contributed by atoms with Gasteiger partial charge in [0.15, 0.2) is 0 Å². The van der Waals surface area contributed by atoms with Gasteiger partial charge >= 0.3 is 0 Å². The molecule has 166 valence electrons.